The first-order valence-corrected chi connectivity index (χ1v) is 7.77. The number of hydrogen-bond donors (Lipinski definition) is 0. The van der Waals surface area contributed by atoms with E-state index in [1.165, 1.54) is 0 Å². The zero-order valence-electron chi connectivity index (χ0n) is 13.0. The van der Waals surface area contributed by atoms with Crippen molar-refractivity contribution in [1.82, 2.24) is 9.47 Å². The van der Waals surface area contributed by atoms with Gasteiger partial charge in [0.15, 0.2) is 5.54 Å². The molecule has 0 N–H and O–H groups in total. The predicted octanol–water partition coefficient (Wildman–Crippen LogP) is 3.45. The van der Waals surface area contributed by atoms with E-state index in [-0.39, 0.29) is 11.9 Å². The van der Waals surface area contributed by atoms with Gasteiger partial charge in [-0.15, -0.1) is 0 Å². The number of likely N-dealkylation sites (tertiary alicyclic amines) is 1. The van der Waals surface area contributed by atoms with Crippen molar-refractivity contribution in [2.45, 2.75) is 11.6 Å². The van der Waals surface area contributed by atoms with E-state index >= 15 is 0 Å². The van der Waals surface area contributed by atoms with Crippen LogP contribution in [0.5, 0.6) is 0 Å². The van der Waals surface area contributed by atoms with Crippen molar-refractivity contribution in [3.63, 3.8) is 0 Å². The molecule has 0 spiro atoms. The number of aromatic nitrogens is 1. The van der Waals surface area contributed by atoms with E-state index in [1.54, 1.807) is 0 Å². The fourth-order valence-electron chi connectivity index (χ4n) is 3.76. The first-order valence-electron chi connectivity index (χ1n) is 7.77. The minimum Gasteiger partial charge on any atom is -0.334 e. The highest BCUT2D eigenvalue weighted by atomic mass is 16.2. The number of rotatable bonds is 3. The lowest BCUT2D eigenvalue weighted by Crippen LogP contribution is -2.67. The van der Waals surface area contributed by atoms with Crippen LogP contribution >= 0.6 is 0 Å². The molecule has 2 atom stereocenters. The molecule has 1 saturated heterocycles. The first-order chi connectivity index (χ1) is 11.3. The van der Waals surface area contributed by atoms with E-state index in [9.17, 15) is 4.79 Å². The monoisotopic (exact) mass is 302 g/mol. The van der Waals surface area contributed by atoms with Crippen LogP contribution in [-0.2, 0) is 10.3 Å². The molecule has 0 aliphatic carbocycles. The molecule has 114 valence electrons. The molecule has 4 rings (SSSR count). The summed E-state index contributed by atoms with van der Waals surface area (Å²) >= 11 is 0. The summed E-state index contributed by atoms with van der Waals surface area (Å²) in [6, 6.07) is 24.2. The average molecular weight is 302 g/mol. The van der Waals surface area contributed by atoms with Crippen LogP contribution in [0.2, 0.25) is 0 Å². The van der Waals surface area contributed by atoms with Gasteiger partial charge in [0.25, 0.3) is 5.91 Å². The number of benzene rings is 2. The molecule has 3 aromatic rings. The highest BCUT2D eigenvalue weighted by Gasteiger charge is 2.61. The van der Waals surface area contributed by atoms with Crippen LogP contribution in [-0.4, -0.2) is 22.4 Å². The molecular formula is C20H18N2O. The summed E-state index contributed by atoms with van der Waals surface area (Å²) < 4.78 is 2.04. The number of hydrogen-bond acceptors (Lipinski definition) is 1. The summed E-state index contributed by atoms with van der Waals surface area (Å²) in [7, 11) is 1.88. The molecule has 1 aromatic heterocycles. The average Bonchev–Trinajstić information content (AvgIpc) is 3.14. The largest absolute Gasteiger partial charge is 0.334 e. The van der Waals surface area contributed by atoms with Crippen molar-refractivity contribution >= 4 is 5.91 Å². The van der Waals surface area contributed by atoms with Crippen LogP contribution in [0.3, 0.4) is 0 Å². The molecule has 1 fully saturated rings. The van der Waals surface area contributed by atoms with Gasteiger partial charge in [-0.2, -0.15) is 0 Å². The van der Waals surface area contributed by atoms with E-state index < -0.39 is 5.54 Å². The van der Waals surface area contributed by atoms with Gasteiger partial charge >= 0.3 is 0 Å². The van der Waals surface area contributed by atoms with Crippen LogP contribution in [0.1, 0.15) is 17.2 Å². The lowest BCUT2D eigenvalue weighted by atomic mass is 9.70. The number of carbonyl (C=O) groups is 1. The maximum absolute atomic E-state index is 13.1. The molecule has 2 unspecified atom stereocenters. The molecule has 0 saturated carbocycles. The second-order valence-corrected chi connectivity index (χ2v) is 5.95. The highest BCUT2D eigenvalue weighted by molar-refractivity contribution is 5.96. The summed E-state index contributed by atoms with van der Waals surface area (Å²) in [5.74, 6) is 0.119. The van der Waals surface area contributed by atoms with E-state index in [0.29, 0.717) is 0 Å². The van der Waals surface area contributed by atoms with Crippen LogP contribution in [0, 0.1) is 0 Å². The second kappa shape index (κ2) is 5.13. The molecule has 23 heavy (non-hydrogen) atoms. The van der Waals surface area contributed by atoms with Gasteiger partial charge in [0.1, 0.15) is 0 Å². The molecular weight excluding hydrogens is 284 g/mol. The van der Waals surface area contributed by atoms with Gasteiger partial charge in [-0.3, -0.25) is 4.79 Å². The van der Waals surface area contributed by atoms with E-state index in [1.807, 2.05) is 89.6 Å². The number of nitrogens with zero attached hydrogens (tertiary/aromatic N) is 2. The lowest BCUT2D eigenvalue weighted by molar-refractivity contribution is -0.162. The first kappa shape index (κ1) is 13.8. The van der Waals surface area contributed by atoms with E-state index in [4.69, 9.17) is 0 Å². The molecule has 1 amide bonds. The topological polar surface area (TPSA) is 25.2 Å². The summed E-state index contributed by atoms with van der Waals surface area (Å²) in [4.78, 5) is 14.9. The molecule has 1 aliphatic rings. The van der Waals surface area contributed by atoms with Gasteiger partial charge in [0, 0.05) is 19.4 Å². The highest BCUT2D eigenvalue weighted by Crippen LogP contribution is 2.51. The van der Waals surface area contributed by atoms with Gasteiger partial charge in [-0.25, -0.2) is 0 Å². The van der Waals surface area contributed by atoms with Crippen molar-refractivity contribution in [2.75, 3.05) is 7.05 Å². The van der Waals surface area contributed by atoms with Gasteiger partial charge in [0.05, 0.1) is 6.04 Å². The van der Waals surface area contributed by atoms with Crippen LogP contribution in [0.15, 0.2) is 85.2 Å². The molecule has 0 radical (unpaired) electrons. The molecule has 2 aromatic carbocycles. The molecule has 3 heteroatoms. The Morgan fingerprint density at radius 1 is 0.826 bits per heavy atom. The minimum atomic E-state index is -0.707. The zero-order chi connectivity index (χ0) is 15.9. The second-order valence-electron chi connectivity index (χ2n) is 5.95. The Balaban J connectivity index is 1.96. The Morgan fingerprint density at radius 2 is 1.39 bits per heavy atom. The van der Waals surface area contributed by atoms with Gasteiger partial charge < -0.3 is 9.47 Å². The maximum Gasteiger partial charge on any atom is 0.256 e. The van der Waals surface area contributed by atoms with E-state index in [2.05, 4.69) is 12.1 Å². The SMILES string of the molecule is CN1C(=O)C(c2ccccc2)(n2cccc2)C1c1ccccc1. The van der Waals surface area contributed by atoms with Crippen molar-refractivity contribution in [1.29, 1.82) is 0 Å². The van der Waals surface area contributed by atoms with Crippen LogP contribution in [0.4, 0.5) is 0 Å². The summed E-state index contributed by atoms with van der Waals surface area (Å²) in [6.07, 6.45) is 3.96. The minimum absolute atomic E-state index is 0.0222. The quantitative estimate of drug-likeness (QED) is 0.680. The fraction of sp³-hybridized carbons (Fsp3) is 0.150. The molecule has 0 bridgehead atoms. The number of likely N-dealkylation sites (N-methyl/N-ethyl adjacent to an activating group) is 1. The lowest BCUT2D eigenvalue weighted by Gasteiger charge is -2.55. The van der Waals surface area contributed by atoms with Crippen LogP contribution < -0.4 is 0 Å². The third kappa shape index (κ3) is 1.80. The Kier molecular flexibility index (Phi) is 3.08. The van der Waals surface area contributed by atoms with Crippen molar-refractivity contribution in [2.24, 2.45) is 0 Å². The number of β-lactam (4-membered cyclic amide) rings is 1. The van der Waals surface area contributed by atoms with Gasteiger partial charge in [-0.1, -0.05) is 60.7 Å². The Morgan fingerprint density at radius 3 is 2.00 bits per heavy atom. The number of amides is 1. The smallest absolute Gasteiger partial charge is 0.256 e. The van der Waals surface area contributed by atoms with Crippen molar-refractivity contribution in [3.8, 4) is 0 Å². The van der Waals surface area contributed by atoms with Gasteiger partial charge in [0.2, 0.25) is 0 Å². The summed E-state index contributed by atoms with van der Waals surface area (Å²) in [6.45, 7) is 0. The molecule has 1 aliphatic heterocycles. The summed E-state index contributed by atoms with van der Waals surface area (Å²) in [5, 5.41) is 0. The third-order valence-corrected chi connectivity index (χ3v) is 4.77. The Labute approximate surface area is 135 Å². The van der Waals surface area contributed by atoms with Crippen molar-refractivity contribution in [3.05, 3.63) is 96.3 Å². The van der Waals surface area contributed by atoms with Crippen molar-refractivity contribution < 1.29 is 4.79 Å². The molecule has 3 nitrogen and oxygen atoms in total. The fourth-order valence-corrected chi connectivity index (χ4v) is 3.76. The maximum atomic E-state index is 13.1. The Hall–Kier alpha value is -2.81. The standard InChI is InChI=1S/C20H18N2O/c1-21-18(16-10-4-2-5-11-16)20(19(21)23,22-14-8-9-15-22)17-12-6-3-7-13-17/h2-15,18H,1H3. The summed E-state index contributed by atoms with van der Waals surface area (Å²) in [5.41, 5.74) is 1.46. The van der Waals surface area contributed by atoms with Crippen LogP contribution in [0.25, 0.3) is 0 Å². The Bertz CT molecular complexity index is 811. The predicted molar refractivity (Wildman–Crippen MR) is 89.9 cm³/mol. The van der Waals surface area contributed by atoms with Gasteiger partial charge in [-0.05, 0) is 23.3 Å². The third-order valence-electron chi connectivity index (χ3n) is 4.77. The number of carbonyl (C=O) groups excluding carboxylic acids is 1. The molecule has 2 heterocycles. The normalized spacial score (nSPS) is 23.6. The van der Waals surface area contributed by atoms with E-state index in [0.717, 1.165) is 11.1 Å². The zero-order valence-corrected chi connectivity index (χ0v) is 13.0.